The number of ether oxygens (including phenoxy) is 1. The smallest absolute Gasteiger partial charge is 0.0655 e. The highest BCUT2D eigenvalue weighted by Crippen LogP contribution is 2.42. The Hall–Kier alpha value is -0.120. The first-order valence-electron chi connectivity index (χ1n) is 6.98. The molecule has 0 radical (unpaired) electrons. The van der Waals surface area contributed by atoms with Gasteiger partial charge in [0.05, 0.1) is 6.10 Å². The summed E-state index contributed by atoms with van der Waals surface area (Å²) in [4.78, 5) is 0. The maximum Gasteiger partial charge on any atom is 0.0655 e. The molecule has 1 aliphatic carbocycles. The molecule has 0 amide bonds. The van der Waals surface area contributed by atoms with E-state index in [1.54, 1.807) is 0 Å². The predicted octanol–water partition coefficient (Wildman–Crippen LogP) is 2.15. The molecule has 0 aliphatic heterocycles. The topological polar surface area (TPSA) is 47.3 Å². The van der Waals surface area contributed by atoms with Gasteiger partial charge in [0.25, 0.3) is 0 Å². The minimum Gasteiger partial charge on any atom is -0.378 e. The predicted molar refractivity (Wildman–Crippen MR) is 73.0 cm³/mol. The van der Waals surface area contributed by atoms with Gasteiger partial charge in [0.2, 0.25) is 0 Å². The third-order valence-electron chi connectivity index (χ3n) is 3.95. The van der Waals surface area contributed by atoms with E-state index in [9.17, 15) is 0 Å². The third kappa shape index (κ3) is 3.94. The van der Waals surface area contributed by atoms with E-state index < -0.39 is 0 Å². The Kier molecular flexibility index (Phi) is 5.42. The summed E-state index contributed by atoms with van der Waals surface area (Å²) >= 11 is 0. The number of rotatable bonds is 7. The van der Waals surface area contributed by atoms with Crippen LogP contribution < -0.4 is 11.1 Å². The Balaban J connectivity index is 2.26. The van der Waals surface area contributed by atoms with Crippen LogP contribution in [0.1, 0.15) is 47.5 Å². The van der Waals surface area contributed by atoms with Crippen LogP contribution in [0.15, 0.2) is 0 Å². The van der Waals surface area contributed by atoms with E-state index in [1.807, 2.05) is 0 Å². The van der Waals surface area contributed by atoms with Gasteiger partial charge in [-0.1, -0.05) is 27.7 Å². The molecule has 0 aromatic heterocycles. The van der Waals surface area contributed by atoms with Crippen molar-refractivity contribution >= 4 is 0 Å². The molecule has 0 heterocycles. The monoisotopic (exact) mass is 242 g/mol. The first kappa shape index (κ1) is 14.9. The number of nitrogens with one attached hydrogen (secondary N) is 1. The zero-order valence-corrected chi connectivity index (χ0v) is 12.1. The highest BCUT2D eigenvalue weighted by molar-refractivity contribution is 5.03. The number of nitrogens with two attached hydrogens (primary N) is 1. The summed E-state index contributed by atoms with van der Waals surface area (Å²) in [5.41, 5.74) is 6.33. The fourth-order valence-electron chi connectivity index (χ4n) is 2.70. The number of hydrogen-bond acceptors (Lipinski definition) is 3. The summed E-state index contributed by atoms with van der Waals surface area (Å²) in [5.74, 6) is 0.678. The summed E-state index contributed by atoms with van der Waals surface area (Å²) in [6, 6.07) is 0.828. The molecule has 1 saturated carbocycles. The Morgan fingerprint density at radius 1 is 1.41 bits per heavy atom. The van der Waals surface area contributed by atoms with Crippen molar-refractivity contribution in [3.63, 3.8) is 0 Å². The van der Waals surface area contributed by atoms with Gasteiger partial charge in [0.15, 0.2) is 0 Å². The summed E-state index contributed by atoms with van der Waals surface area (Å²) in [6.07, 6.45) is 2.62. The van der Waals surface area contributed by atoms with Crippen molar-refractivity contribution in [2.24, 2.45) is 17.1 Å². The van der Waals surface area contributed by atoms with Crippen molar-refractivity contribution in [2.45, 2.75) is 65.6 Å². The molecule has 2 unspecified atom stereocenters. The van der Waals surface area contributed by atoms with Gasteiger partial charge in [-0.05, 0) is 25.7 Å². The second kappa shape index (κ2) is 6.17. The number of hydrogen-bond donors (Lipinski definition) is 2. The lowest BCUT2D eigenvalue weighted by Crippen LogP contribution is -2.62. The molecule has 0 aromatic rings. The molecule has 17 heavy (non-hydrogen) atoms. The van der Waals surface area contributed by atoms with Crippen LogP contribution >= 0.6 is 0 Å². The maximum absolute atomic E-state index is 6.09. The van der Waals surface area contributed by atoms with Gasteiger partial charge in [0.1, 0.15) is 0 Å². The van der Waals surface area contributed by atoms with Crippen molar-refractivity contribution < 1.29 is 4.74 Å². The van der Waals surface area contributed by atoms with E-state index in [-0.39, 0.29) is 11.5 Å². The van der Waals surface area contributed by atoms with Crippen molar-refractivity contribution in [3.8, 4) is 0 Å². The van der Waals surface area contributed by atoms with Crippen molar-refractivity contribution in [1.82, 2.24) is 5.32 Å². The lowest BCUT2D eigenvalue weighted by Gasteiger charge is -2.52. The lowest BCUT2D eigenvalue weighted by atomic mass is 9.64. The van der Waals surface area contributed by atoms with Gasteiger partial charge in [-0.3, -0.25) is 0 Å². The van der Waals surface area contributed by atoms with Gasteiger partial charge in [-0.25, -0.2) is 0 Å². The normalized spacial score (nSPS) is 29.1. The standard InChI is InChI=1S/C14H30N2O/c1-6-17-13-8-12(14(13,4)5)16-9-11(15)7-10(2)3/h10-13,16H,6-9,15H2,1-5H3/t11-,12?,13?/m1/s1. The van der Waals surface area contributed by atoms with Crippen LogP contribution in [0.4, 0.5) is 0 Å². The van der Waals surface area contributed by atoms with E-state index in [4.69, 9.17) is 10.5 Å². The second-order valence-corrected chi connectivity index (χ2v) is 6.35. The van der Waals surface area contributed by atoms with Gasteiger partial charge in [-0.2, -0.15) is 0 Å². The first-order valence-corrected chi connectivity index (χ1v) is 6.98. The fourth-order valence-corrected chi connectivity index (χ4v) is 2.70. The summed E-state index contributed by atoms with van der Waals surface area (Å²) in [6.45, 7) is 12.8. The molecular formula is C14H30N2O. The van der Waals surface area contributed by atoms with Crippen molar-refractivity contribution in [3.05, 3.63) is 0 Å². The molecule has 1 fully saturated rings. The lowest BCUT2D eigenvalue weighted by molar-refractivity contribution is -0.114. The molecule has 1 rings (SSSR count). The highest BCUT2D eigenvalue weighted by Gasteiger charge is 2.48. The molecule has 3 N–H and O–H groups in total. The van der Waals surface area contributed by atoms with E-state index in [0.29, 0.717) is 18.1 Å². The third-order valence-corrected chi connectivity index (χ3v) is 3.95. The minimum atomic E-state index is 0.244. The average molecular weight is 242 g/mol. The largest absolute Gasteiger partial charge is 0.378 e. The zero-order valence-electron chi connectivity index (χ0n) is 12.1. The average Bonchev–Trinajstić information content (AvgIpc) is 2.21. The van der Waals surface area contributed by atoms with E-state index in [0.717, 1.165) is 26.0 Å². The Morgan fingerprint density at radius 3 is 2.53 bits per heavy atom. The van der Waals surface area contributed by atoms with Crippen molar-refractivity contribution in [2.75, 3.05) is 13.2 Å². The molecule has 3 heteroatoms. The molecular weight excluding hydrogens is 212 g/mol. The molecule has 0 bridgehead atoms. The SMILES string of the molecule is CCOC1CC(NC[C@H](N)CC(C)C)C1(C)C. The van der Waals surface area contributed by atoms with Crippen LogP contribution in [0.5, 0.6) is 0 Å². The molecule has 1 aliphatic rings. The quantitative estimate of drug-likeness (QED) is 0.719. The molecule has 0 saturated heterocycles. The second-order valence-electron chi connectivity index (χ2n) is 6.35. The van der Waals surface area contributed by atoms with Gasteiger partial charge >= 0.3 is 0 Å². The zero-order chi connectivity index (χ0) is 13.1. The van der Waals surface area contributed by atoms with E-state index in [2.05, 4.69) is 39.9 Å². The molecule has 0 aromatic carbocycles. The maximum atomic E-state index is 6.09. The van der Waals surface area contributed by atoms with E-state index in [1.165, 1.54) is 0 Å². The fraction of sp³-hybridized carbons (Fsp3) is 1.00. The van der Waals surface area contributed by atoms with Gasteiger partial charge in [-0.15, -0.1) is 0 Å². The van der Waals surface area contributed by atoms with Crippen molar-refractivity contribution in [1.29, 1.82) is 0 Å². The summed E-state index contributed by atoms with van der Waals surface area (Å²) < 4.78 is 5.72. The Labute approximate surface area is 106 Å². The molecule has 3 atom stereocenters. The molecule has 102 valence electrons. The Morgan fingerprint density at radius 2 is 2.06 bits per heavy atom. The van der Waals surface area contributed by atoms with Crippen LogP contribution in [0.25, 0.3) is 0 Å². The molecule has 0 spiro atoms. The summed E-state index contributed by atoms with van der Waals surface area (Å²) in [5, 5.41) is 3.60. The van der Waals surface area contributed by atoms with E-state index >= 15 is 0 Å². The van der Waals surface area contributed by atoms with Crippen LogP contribution in [-0.4, -0.2) is 31.3 Å². The minimum absolute atomic E-state index is 0.244. The van der Waals surface area contributed by atoms with Crippen LogP contribution in [0, 0.1) is 11.3 Å². The Bertz CT molecular complexity index is 228. The highest BCUT2D eigenvalue weighted by atomic mass is 16.5. The van der Waals surface area contributed by atoms with Gasteiger partial charge in [0, 0.05) is 30.7 Å². The summed E-state index contributed by atoms with van der Waals surface area (Å²) in [7, 11) is 0. The van der Waals surface area contributed by atoms with Gasteiger partial charge < -0.3 is 15.8 Å². The van der Waals surface area contributed by atoms with Crippen LogP contribution in [0.2, 0.25) is 0 Å². The first-order chi connectivity index (χ1) is 7.87. The van der Waals surface area contributed by atoms with Crippen LogP contribution in [-0.2, 0) is 4.74 Å². The molecule has 3 nitrogen and oxygen atoms in total. The van der Waals surface area contributed by atoms with Crippen LogP contribution in [0.3, 0.4) is 0 Å².